The molecule has 2 spiro atoms. The fourth-order valence-corrected chi connectivity index (χ4v) is 11.1. The SMILES string of the molecule is O=C(Cl)N1CCC2(CCN(Cc3cc(Cl)ccc3Cl)C2)C1.O=C(c1cn[nH]c1)N1CCCC1.O=C(c1cnn(C(=O)N2CCC3(CCN(Cc4cc(Cl)ccc4Cl)C3)C2)c1)N1CCCC1. The van der Waals surface area contributed by atoms with Crippen LogP contribution in [0.3, 0.4) is 0 Å². The predicted octanol–water partition coefficient (Wildman–Crippen LogP) is 8.89. The lowest BCUT2D eigenvalue weighted by Crippen LogP contribution is -2.36. The third kappa shape index (κ3) is 11.6. The number of aromatic amines is 1. The minimum Gasteiger partial charge on any atom is -0.339 e. The number of nitrogens with one attached hydrogen (secondary N) is 1. The summed E-state index contributed by atoms with van der Waals surface area (Å²) < 4.78 is 1.32. The molecule has 4 amide bonds. The van der Waals surface area contributed by atoms with E-state index in [4.69, 9.17) is 58.0 Å². The van der Waals surface area contributed by atoms with E-state index < -0.39 is 0 Å². The Morgan fingerprint density at radius 1 is 0.585 bits per heavy atom. The Bertz CT molecular complexity index is 2340. The van der Waals surface area contributed by atoms with Crippen LogP contribution in [0.25, 0.3) is 0 Å². The van der Waals surface area contributed by atoms with Gasteiger partial charge in [0.1, 0.15) is 0 Å². The standard InChI is InChI=1S/C23H27Cl2N5O2.C15H17Cl3N2O.C8H11N3O/c24-19-3-4-20(25)17(11-19)13-27-9-5-23(15-27)6-10-29(16-23)22(32)30-14-18(12-26-30)21(31)28-7-1-2-8-28;16-12-1-2-13(17)11(7-12)8-19-5-3-15(9-19)4-6-20(10-15)14(18)21;12-8(7-5-9-10-6-7)11-3-1-2-4-11/h3-4,11-12,14H,1-2,5-10,13,15-16H2;1-2,7H,3-6,8-10H2;5-6H,1-4H2,(H,9,10). The van der Waals surface area contributed by atoms with Gasteiger partial charge in [-0.1, -0.05) is 46.4 Å². The average molecular weight is 989 g/mol. The number of hydrogen-bond acceptors (Lipinski definition) is 8. The van der Waals surface area contributed by atoms with Crippen LogP contribution in [-0.4, -0.2) is 151 Å². The van der Waals surface area contributed by atoms with Crippen LogP contribution in [0.5, 0.6) is 0 Å². The van der Waals surface area contributed by atoms with Gasteiger partial charge in [-0.3, -0.25) is 29.3 Å². The molecule has 6 aliphatic heterocycles. The summed E-state index contributed by atoms with van der Waals surface area (Å²) >= 11 is 30.4. The normalized spacial score (nSPS) is 23.1. The molecular weight excluding hydrogens is 934 g/mol. The Labute approximate surface area is 405 Å². The smallest absolute Gasteiger partial charge is 0.339 e. The van der Waals surface area contributed by atoms with Crippen LogP contribution in [0, 0.1) is 10.8 Å². The zero-order chi connectivity index (χ0) is 45.7. The van der Waals surface area contributed by atoms with Crippen LogP contribution in [0.4, 0.5) is 9.59 Å². The van der Waals surface area contributed by atoms with Crippen molar-refractivity contribution in [2.24, 2.45) is 10.8 Å². The van der Waals surface area contributed by atoms with Gasteiger partial charge < -0.3 is 19.6 Å². The van der Waals surface area contributed by atoms with Gasteiger partial charge in [0.15, 0.2) is 0 Å². The maximum atomic E-state index is 13.1. The Balaban J connectivity index is 0.000000149. The van der Waals surface area contributed by atoms with Crippen molar-refractivity contribution in [1.82, 2.24) is 49.4 Å². The highest BCUT2D eigenvalue weighted by molar-refractivity contribution is 6.62. The molecule has 8 heterocycles. The topological polar surface area (TPSA) is 134 Å². The molecule has 6 aliphatic rings. The number of carbonyl (C=O) groups excluding carboxylic acids is 4. The van der Waals surface area contributed by atoms with Gasteiger partial charge in [0.05, 0.1) is 23.5 Å². The van der Waals surface area contributed by atoms with E-state index in [0.29, 0.717) is 34.3 Å². The number of aromatic nitrogens is 4. The second-order valence-corrected chi connectivity index (χ2v) is 20.4. The van der Waals surface area contributed by atoms with Gasteiger partial charge >= 0.3 is 11.4 Å². The van der Waals surface area contributed by atoms with Crippen molar-refractivity contribution in [3.8, 4) is 0 Å². The van der Waals surface area contributed by atoms with E-state index in [9.17, 15) is 19.2 Å². The summed E-state index contributed by atoms with van der Waals surface area (Å²) in [6.07, 6.45) is 14.8. The largest absolute Gasteiger partial charge is 0.344 e. The number of H-pyrrole nitrogens is 1. The first-order chi connectivity index (χ1) is 31.3. The maximum Gasteiger partial charge on any atom is 0.344 e. The average Bonchev–Trinajstić information content (AvgIpc) is 4.15. The van der Waals surface area contributed by atoms with Crippen LogP contribution < -0.4 is 0 Å². The van der Waals surface area contributed by atoms with Gasteiger partial charge in [-0.05, 0) is 124 Å². The quantitative estimate of drug-likeness (QED) is 0.150. The van der Waals surface area contributed by atoms with Gasteiger partial charge in [-0.15, -0.1) is 0 Å². The first kappa shape index (κ1) is 47.6. The minimum absolute atomic E-state index is 0.0365. The third-order valence-corrected chi connectivity index (χ3v) is 15.2. The third-order valence-electron chi connectivity index (χ3n) is 13.8. The molecule has 0 radical (unpaired) electrons. The molecule has 348 valence electrons. The summed E-state index contributed by atoms with van der Waals surface area (Å²) in [5.74, 6) is 0.0619. The molecule has 65 heavy (non-hydrogen) atoms. The lowest BCUT2D eigenvalue weighted by molar-refractivity contribution is 0.0785. The fourth-order valence-electron chi connectivity index (χ4n) is 10.2. The number of likely N-dealkylation sites (tertiary alicyclic amines) is 6. The first-order valence-electron chi connectivity index (χ1n) is 22.5. The second kappa shape index (κ2) is 21.0. The molecule has 0 aliphatic carbocycles. The van der Waals surface area contributed by atoms with Crippen molar-refractivity contribution in [2.75, 3.05) is 78.5 Å². The summed E-state index contributed by atoms with van der Waals surface area (Å²) in [4.78, 5) is 60.6. The highest BCUT2D eigenvalue weighted by Gasteiger charge is 2.46. The Hall–Kier alpha value is -3.89. The predicted molar refractivity (Wildman–Crippen MR) is 253 cm³/mol. The Morgan fingerprint density at radius 2 is 1.08 bits per heavy atom. The van der Waals surface area contributed by atoms with E-state index in [1.807, 2.05) is 39.0 Å². The van der Waals surface area contributed by atoms with Crippen molar-refractivity contribution in [2.45, 2.75) is 64.5 Å². The monoisotopic (exact) mass is 986 g/mol. The summed E-state index contributed by atoms with van der Waals surface area (Å²) in [5.41, 5.74) is 3.55. The molecule has 10 rings (SSSR count). The lowest BCUT2D eigenvalue weighted by Gasteiger charge is -2.25. The van der Waals surface area contributed by atoms with Crippen LogP contribution >= 0.6 is 58.0 Å². The maximum absolute atomic E-state index is 13.1. The number of nitrogens with zero attached hydrogens (tertiary/aromatic N) is 9. The van der Waals surface area contributed by atoms with Crippen LogP contribution in [-0.2, 0) is 13.1 Å². The van der Waals surface area contributed by atoms with Gasteiger partial charge in [0, 0.05) is 122 Å². The number of halogens is 5. The van der Waals surface area contributed by atoms with E-state index in [1.165, 1.54) is 10.9 Å². The molecule has 6 saturated heterocycles. The van der Waals surface area contributed by atoms with Crippen molar-refractivity contribution in [1.29, 1.82) is 0 Å². The number of benzene rings is 2. The highest BCUT2D eigenvalue weighted by atomic mass is 35.5. The zero-order valence-electron chi connectivity index (χ0n) is 36.4. The van der Waals surface area contributed by atoms with Crippen LogP contribution in [0.2, 0.25) is 20.1 Å². The summed E-state index contributed by atoms with van der Waals surface area (Å²) in [7, 11) is 0. The summed E-state index contributed by atoms with van der Waals surface area (Å²) in [6.45, 7) is 11.8. The second-order valence-electron chi connectivity index (χ2n) is 18.4. The molecule has 6 fully saturated rings. The van der Waals surface area contributed by atoms with E-state index >= 15 is 0 Å². The Morgan fingerprint density at radius 3 is 1.57 bits per heavy atom. The molecule has 4 aromatic rings. The fraction of sp³-hybridized carbons (Fsp3) is 0.522. The number of amides is 4. The summed E-state index contributed by atoms with van der Waals surface area (Å²) in [5, 5.41) is 13.1. The lowest BCUT2D eigenvalue weighted by atomic mass is 9.86. The summed E-state index contributed by atoms with van der Waals surface area (Å²) in [6, 6.07) is 11.0. The van der Waals surface area contributed by atoms with E-state index in [-0.39, 0.29) is 34.0 Å². The molecule has 2 unspecified atom stereocenters. The number of carbonyl (C=O) groups is 4. The molecule has 1 N–H and O–H groups in total. The molecule has 19 heteroatoms. The van der Waals surface area contributed by atoms with Crippen molar-refractivity contribution >= 4 is 81.2 Å². The molecule has 2 atom stereocenters. The van der Waals surface area contributed by atoms with Crippen molar-refractivity contribution < 1.29 is 19.2 Å². The van der Waals surface area contributed by atoms with E-state index in [1.54, 1.807) is 35.6 Å². The molecule has 2 aromatic heterocycles. The van der Waals surface area contributed by atoms with Crippen LogP contribution in [0.15, 0.2) is 61.2 Å². The highest BCUT2D eigenvalue weighted by Crippen LogP contribution is 2.42. The molecule has 2 aromatic carbocycles. The van der Waals surface area contributed by atoms with Crippen LogP contribution in [0.1, 0.15) is 83.2 Å². The van der Waals surface area contributed by atoms with Crippen molar-refractivity contribution in [3.05, 3.63) is 104 Å². The van der Waals surface area contributed by atoms with Gasteiger partial charge in [0.2, 0.25) is 0 Å². The van der Waals surface area contributed by atoms with E-state index in [2.05, 4.69) is 25.1 Å². The van der Waals surface area contributed by atoms with Crippen molar-refractivity contribution in [3.63, 3.8) is 0 Å². The van der Waals surface area contributed by atoms with Gasteiger partial charge in [0.25, 0.3) is 11.8 Å². The van der Waals surface area contributed by atoms with E-state index in [0.717, 1.165) is 151 Å². The molecular formula is C46H55Cl5N10O4. The first-order valence-corrected chi connectivity index (χ1v) is 24.3. The van der Waals surface area contributed by atoms with Gasteiger partial charge in [-0.2, -0.15) is 14.9 Å². The number of hydrogen-bond donors (Lipinski definition) is 1. The van der Waals surface area contributed by atoms with Gasteiger partial charge in [-0.25, -0.2) is 4.79 Å². The Kier molecular flexibility index (Phi) is 15.3. The zero-order valence-corrected chi connectivity index (χ0v) is 40.2. The molecule has 14 nitrogen and oxygen atoms in total. The minimum atomic E-state index is -0.330. The molecule has 0 saturated carbocycles. The number of rotatable bonds is 6. The molecule has 0 bridgehead atoms.